The fraction of sp³-hybridized carbons (Fsp3) is 0.886. The van der Waals surface area contributed by atoms with Crippen molar-refractivity contribution in [3.05, 3.63) is 0 Å². The highest BCUT2D eigenvalue weighted by Crippen LogP contribution is 2.23. The van der Waals surface area contributed by atoms with Crippen molar-refractivity contribution in [2.45, 2.75) is 144 Å². The van der Waals surface area contributed by atoms with E-state index in [9.17, 15) is 24.3 Å². The average Bonchev–Trinajstić information content (AvgIpc) is 2.95. The maximum atomic E-state index is 13.8. The monoisotopic (exact) mass is 685 g/mol. The fourth-order valence-electron chi connectivity index (χ4n) is 5.89. The van der Waals surface area contributed by atoms with Crippen molar-refractivity contribution >= 4 is 35.6 Å². The molecular weight excluding hydrogens is 618 g/mol. The third-order valence-electron chi connectivity index (χ3n) is 8.42. The molecular formula is C35H67N5O6S. The van der Waals surface area contributed by atoms with Crippen LogP contribution >= 0.6 is 11.8 Å². The zero-order valence-corrected chi connectivity index (χ0v) is 31.9. The summed E-state index contributed by atoms with van der Waals surface area (Å²) in [7, 11) is 0. The average molecular weight is 686 g/mol. The van der Waals surface area contributed by atoms with Gasteiger partial charge in [-0.1, -0.05) is 48.5 Å². The first-order valence-corrected chi connectivity index (χ1v) is 19.1. The molecule has 1 aliphatic rings. The second-order valence-corrected chi connectivity index (χ2v) is 16.3. The number of carbonyl (C=O) groups excluding carboxylic acids is 4. The van der Waals surface area contributed by atoms with Crippen LogP contribution in [-0.2, 0) is 19.1 Å². The van der Waals surface area contributed by atoms with Crippen molar-refractivity contribution in [1.29, 1.82) is 0 Å². The fourth-order valence-corrected chi connectivity index (χ4v) is 6.36. The number of aliphatic hydroxyl groups excluding tert-OH is 1. The lowest BCUT2D eigenvalue weighted by Gasteiger charge is -2.34. The van der Waals surface area contributed by atoms with E-state index in [2.05, 4.69) is 46.9 Å². The molecule has 11 nitrogen and oxygen atoms in total. The molecule has 0 aliphatic carbocycles. The van der Waals surface area contributed by atoms with Gasteiger partial charge in [0, 0.05) is 25.0 Å². The van der Waals surface area contributed by atoms with Crippen LogP contribution in [0, 0.1) is 23.7 Å². The standard InChI is InChI=1S/C35H67N5O6S/c1-12-40-16-13-26(14-17-40)36-31(42)25(19-22(2)3)21-29(41)28(20-23(4)5)38-32(43)27(15-18-47-11)37-33(44)30(24(6)7)39-34(45)46-35(8,9)10/h22-30,41H,12-21H2,1-11H3,(H,36,42)(H,37,44)(H,38,43)(H,39,45)/t25-,27+,28+,29+,30+/m1/s1. The van der Waals surface area contributed by atoms with Crippen LogP contribution in [0.2, 0.25) is 0 Å². The van der Waals surface area contributed by atoms with Gasteiger partial charge in [0.2, 0.25) is 17.7 Å². The van der Waals surface area contributed by atoms with E-state index in [1.807, 2.05) is 34.0 Å². The van der Waals surface area contributed by atoms with E-state index in [-0.39, 0.29) is 36.1 Å². The summed E-state index contributed by atoms with van der Waals surface area (Å²) in [5, 5.41) is 23.3. The zero-order chi connectivity index (χ0) is 35.9. The van der Waals surface area contributed by atoms with E-state index < -0.39 is 53.7 Å². The maximum absolute atomic E-state index is 13.8. The molecule has 0 aromatic carbocycles. The molecule has 0 unspecified atom stereocenters. The molecule has 0 bridgehead atoms. The van der Waals surface area contributed by atoms with Crippen molar-refractivity contribution in [3.63, 3.8) is 0 Å². The predicted octanol–water partition coefficient (Wildman–Crippen LogP) is 4.32. The lowest BCUT2D eigenvalue weighted by atomic mass is 9.86. The molecule has 1 aliphatic heterocycles. The molecule has 0 radical (unpaired) electrons. The van der Waals surface area contributed by atoms with Crippen molar-refractivity contribution in [1.82, 2.24) is 26.2 Å². The van der Waals surface area contributed by atoms with E-state index in [0.29, 0.717) is 25.0 Å². The molecule has 5 atom stereocenters. The lowest BCUT2D eigenvalue weighted by Crippen LogP contribution is -2.58. The quantitative estimate of drug-likeness (QED) is 0.135. The Morgan fingerprint density at radius 3 is 1.96 bits per heavy atom. The number of ether oxygens (including phenoxy) is 1. The van der Waals surface area contributed by atoms with Crippen LogP contribution in [0.3, 0.4) is 0 Å². The van der Waals surface area contributed by atoms with E-state index in [1.165, 1.54) is 0 Å². The van der Waals surface area contributed by atoms with Gasteiger partial charge >= 0.3 is 6.09 Å². The zero-order valence-electron chi connectivity index (χ0n) is 31.1. The van der Waals surface area contributed by atoms with Gasteiger partial charge in [0.1, 0.15) is 17.7 Å². The Labute approximate surface area is 289 Å². The van der Waals surface area contributed by atoms with Gasteiger partial charge in [-0.05, 0) is 95.6 Å². The largest absolute Gasteiger partial charge is 0.444 e. The number of amides is 4. The molecule has 1 saturated heterocycles. The van der Waals surface area contributed by atoms with E-state index in [1.54, 1.807) is 32.5 Å². The SMILES string of the molecule is CCN1CCC(NC(=O)[C@H](CC(C)C)C[C@H](O)[C@H](CC(C)C)NC(=O)[C@H](CCSC)NC(=O)[C@@H](NC(=O)OC(C)(C)C)C(C)C)CC1. The topological polar surface area (TPSA) is 149 Å². The van der Waals surface area contributed by atoms with Gasteiger partial charge in [-0.2, -0.15) is 11.8 Å². The molecule has 5 N–H and O–H groups in total. The van der Waals surface area contributed by atoms with E-state index in [4.69, 9.17) is 4.74 Å². The van der Waals surface area contributed by atoms with Crippen LogP contribution < -0.4 is 21.3 Å². The third kappa shape index (κ3) is 17.3. The number of aliphatic hydroxyl groups is 1. The summed E-state index contributed by atoms with van der Waals surface area (Å²) in [6.45, 7) is 22.1. The molecule has 0 aromatic rings. The Balaban J connectivity index is 3.08. The van der Waals surface area contributed by atoms with Crippen LogP contribution in [-0.4, -0.2) is 101 Å². The van der Waals surface area contributed by atoms with E-state index in [0.717, 1.165) is 32.5 Å². The van der Waals surface area contributed by atoms with Crippen molar-refractivity contribution < 1.29 is 29.0 Å². The summed E-state index contributed by atoms with van der Waals surface area (Å²) in [6.07, 6.45) is 3.84. The van der Waals surface area contributed by atoms with E-state index >= 15 is 0 Å². The number of alkyl carbamates (subject to hydrolysis) is 1. The number of nitrogens with zero attached hydrogens (tertiary/aromatic N) is 1. The Hall–Kier alpha value is -2.05. The smallest absolute Gasteiger partial charge is 0.408 e. The number of hydrogen-bond acceptors (Lipinski definition) is 8. The highest BCUT2D eigenvalue weighted by atomic mass is 32.2. The van der Waals surface area contributed by atoms with Gasteiger partial charge in [-0.3, -0.25) is 14.4 Å². The molecule has 12 heteroatoms. The first-order chi connectivity index (χ1) is 21.9. The van der Waals surface area contributed by atoms with Crippen LogP contribution in [0.15, 0.2) is 0 Å². The number of nitrogens with one attached hydrogen (secondary N) is 4. The highest BCUT2D eigenvalue weighted by Gasteiger charge is 2.34. The molecule has 0 aromatic heterocycles. The van der Waals surface area contributed by atoms with Crippen molar-refractivity contribution in [3.8, 4) is 0 Å². The number of rotatable bonds is 19. The Morgan fingerprint density at radius 1 is 0.872 bits per heavy atom. The Bertz CT molecular complexity index is 965. The first-order valence-electron chi connectivity index (χ1n) is 17.7. The summed E-state index contributed by atoms with van der Waals surface area (Å²) in [6, 6.07) is -2.26. The first kappa shape index (κ1) is 43.0. The minimum absolute atomic E-state index is 0.0374. The normalized spacial score (nSPS) is 17.9. The second kappa shape index (κ2) is 21.1. The number of carbonyl (C=O) groups is 4. The van der Waals surface area contributed by atoms with Crippen LogP contribution in [0.4, 0.5) is 4.79 Å². The summed E-state index contributed by atoms with van der Waals surface area (Å²) in [4.78, 5) is 55.5. The molecule has 0 saturated carbocycles. The van der Waals surface area contributed by atoms with Gasteiger partial charge in [0.05, 0.1) is 12.1 Å². The Kier molecular flexibility index (Phi) is 19.3. The number of likely N-dealkylation sites (tertiary alicyclic amines) is 1. The minimum atomic E-state index is -0.952. The molecule has 4 amide bonds. The number of thioether (sulfide) groups is 1. The van der Waals surface area contributed by atoms with Gasteiger partial charge in [0.15, 0.2) is 0 Å². The van der Waals surface area contributed by atoms with Crippen molar-refractivity contribution in [2.24, 2.45) is 23.7 Å². The van der Waals surface area contributed by atoms with Crippen LogP contribution in [0.5, 0.6) is 0 Å². The predicted molar refractivity (Wildman–Crippen MR) is 191 cm³/mol. The number of piperidine rings is 1. The molecule has 1 heterocycles. The van der Waals surface area contributed by atoms with Gasteiger partial charge in [-0.15, -0.1) is 0 Å². The molecule has 1 fully saturated rings. The second-order valence-electron chi connectivity index (χ2n) is 15.3. The minimum Gasteiger partial charge on any atom is -0.444 e. The van der Waals surface area contributed by atoms with Crippen LogP contribution in [0.25, 0.3) is 0 Å². The third-order valence-corrected chi connectivity index (χ3v) is 9.06. The van der Waals surface area contributed by atoms with Gasteiger partial charge < -0.3 is 36.0 Å². The maximum Gasteiger partial charge on any atom is 0.408 e. The van der Waals surface area contributed by atoms with Crippen LogP contribution in [0.1, 0.15) is 108 Å². The van der Waals surface area contributed by atoms with Crippen molar-refractivity contribution in [2.75, 3.05) is 31.6 Å². The number of hydrogen-bond donors (Lipinski definition) is 5. The highest BCUT2D eigenvalue weighted by molar-refractivity contribution is 7.98. The summed E-state index contributed by atoms with van der Waals surface area (Å²) in [5.74, 6) is -0.522. The lowest BCUT2D eigenvalue weighted by molar-refractivity contribution is -0.132. The Morgan fingerprint density at radius 2 is 1.47 bits per heavy atom. The van der Waals surface area contributed by atoms with Gasteiger partial charge in [-0.25, -0.2) is 4.79 Å². The molecule has 0 spiro atoms. The summed E-state index contributed by atoms with van der Waals surface area (Å²) >= 11 is 1.56. The summed E-state index contributed by atoms with van der Waals surface area (Å²) in [5.41, 5.74) is -0.726. The molecule has 1 rings (SSSR count). The molecule has 47 heavy (non-hydrogen) atoms. The molecule has 274 valence electrons. The van der Waals surface area contributed by atoms with Gasteiger partial charge in [0.25, 0.3) is 0 Å². The summed E-state index contributed by atoms with van der Waals surface area (Å²) < 4.78 is 5.35.